The Hall–Kier alpha value is -0.340. The summed E-state index contributed by atoms with van der Waals surface area (Å²) in [6.07, 6.45) is 0. The zero-order chi connectivity index (χ0) is 6.69. The number of aliphatic hydroxyl groups is 1. The Morgan fingerprint density at radius 3 is 2.89 bits per heavy atom. The second-order valence-electron chi connectivity index (χ2n) is 1.68. The Labute approximate surface area is 62.5 Å². The maximum absolute atomic E-state index is 8.67. The summed E-state index contributed by atoms with van der Waals surface area (Å²) < 4.78 is 0.934. The van der Waals surface area contributed by atoms with Gasteiger partial charge >= 0.3 is 0 Å². The van der Waals surface area contributed by atoms with E-state index in [1.165, 1.54) is 0 Å². The quantitative estimate of drug-likeness (QED) is 0.708. The minimum atomic E-state index is 0.0674. The van der Waals surface area contributed by atoms with E-state index < -0.39 is 0 Å². The normalized spacial score (nSPS) is 9.56. The maximum Gasteiger partial charge on any atom is 0.0693 e. The topological polar surface area (TPSA) is 20.2 Å². The molecule has 1 radical (unpaired) electrons. The Kier molecular flexibility index (Phi) is 2.25. The lowest BCUT2D eigenvalue weighted by molar-refractivity contribution is 0.281. The fraction of sp³-hybridized carbons (Fsp3) is 0.143. The first kappa shape index (κ1) is 6.78. The molecule has 1 aromatic carbocycles. The summed E-state index contributed by atoms with van der Waals surface area (Å²) in [5, 5.41) is 8.67. The van der Waals surface area contributed by atoms with Crippen molar-refractivity contribution in [2.75, 3.05) is 0 Å². The summed E-state index contributed by atoms with van der Waals surface area (Å²) in [4.78, 5) is 0. The predicted molar refractivity (Wildman–Crippen MR) is 38.9 cm³/mol. The molecule has 0 aliphatic carbocycles. The minimum absolute atomic E-state index is 0.0674. The van der Waals surface area contributed by atoms with E-state index in [9.17, 15) is 0 Å². The lowest BCUT2D eigenvalue weighted by atomic mass is 10.2. The van der Waals surface area contributed by atoms with Crippen molar-refractivity contribution in [2.45, 2.75) is 6.61 Å². The molecule has 1 N–H and O–H groups in total. The number of rotatable bonds is 1. The first-order valence-electron chi connectivity index (χ1n) is 2.60. The molecule has 0 saturated heterocycles. The monoisotopic (exact) mass is 185 g/mol. The Bertz CT molecular complexity index is 198. The molecule has 0 aliphatic heterocycles. The van der Waals surface area contributed by atoms with Crippen LogP contribution in [0.25, 0.3) is 0 Å². The molecule has 0 atom stereocenters. The number of benzene rings is 1. The van der Waals surface area contributed by atoms with Gasteiger partial charge in [0.05, 0.1) is 6.61 Å². The van der Waals surface area contributed by atoms with Crippen LogP contribution in [0.4, 0.5) is 0 Å². The molecule has 0 saturated carbocycles. The van der Waals surface area contributed by atoms with Gasteiger partial charge in [0.2, 0.25) is 0 Å². The van der Waals surface area contributed by atoms with Crippen molar-refractivity contribution < 1.29 is 5.11 Å². The highest BCUT2D eigenvalue weighted by Crippen LogP contribution is 2.14. The van der Waals surface area contributed by atoms with Crippen molar-refractivity contribution >= 4 is 15.9 Å². The van der Waals surface area contributed by atoms with Crippen LogP contribution >= 0.6 is 15.9 Å². The van der Waals surface area contributed by atoms with Crippen LogP contribution in [-0.2, 0) is 6.61 Å². The standard InChI is InChI=1S/C7H6BrO/c8-7-4-2-1-3-6(7)5-9/h2-4,9H,5H2. The van der Waals surface area contributed by atoms with Crippen molar-refractivity contribution in [3.05, 3.63) is 34.3 Å². The van der Waals surface area contributed by atoms with Gasteiger partial charge in [-0.3, -0.25) is 0 Å². The van der Waals surface area contributed by atoms with Gasteiger partial charge in [-0.2, -0.15) is 0 Å². The molecule has 0 aliphatic rings. The van der Waals surface area contributed by atoms with Gasteiger partial charge in [0.15, 0.2) is 0 Å². The van der Waals surface area contributed by atoms with Crippen LogP contribution < -0.4 is 0 Å². The van der Waals surface area contributed by atoms with Gasteiger partial charge in [-0.05, 0) is 23.8 Å². The van der Waals surface area contributed by atoms with Gasteiger partial charge in [-0.25, -0.2) is 0 Å². The van der Waals surface area contributed by atoms with Crippen molar-refractivity contribution in [2.24, 2.45) is 0 Å². The van der Waals surface area contributed by atoms with E-state index >= 15 is 0 Å². The predicted octanol–water partition coefficient (Wildman–Crippen LogP) is 1.74. The van der Waals surface area contributed by atoms with Crippen molar-refractivity contribution in [3.8, 4) is 0 Å². The van der Waals surface area contributed by atoms with Crippen LogP contribution in [-0.4, -0.2) is 5.11 Å². The molecule has 0 fully saturated rings. The Balaban J connectivity index is 3.01. The molecule has 0 spiro atoms. The van der Waals surface area contributed by atoms with Crippen LogP contribution in [0.2, 0.25) is 0 Å². The number of halogens is 1. The van der Waals surface area contributed by atoms with Gasteiger partial charge in [-0.1, -0.05) is 22.0 Å². The molecular weight excluding hydrogens is 180 g/mol. The molecule has 1 nitrogen and oxygen atoms in total. The molecule has 1 rings (SSSR count). The number of hydrogen-bond donors (Lipinski definition) is 1. The molecule has 47 valence electrons. The third-order valence-electron chi connectivity index (χ3n) is 1.06. The third kappa shape index (κ3) is 1.53. The van der Waals surface area contributed by atoms with Gasteiger partial charge in [-0.15, -0.1) is 0 Å². The molecule has 1 aromatic rings. The lowest BCUT2D eigenvalue weighted by Gasteiger charge is -1.95. The van der Waals surface area contributed by atoms with Crippen LogP contribution in [0, 0.1) is 6.07 Å². The molecule has 0 unspecified atom stereocenters. The highest BCUT2D eigenvalue weighted by Gasteiger charge is 1.92. The molecule has 0 amide bonds. The summed E-state index contributed by atoms with van der Waals surface area (Å²) >= 11 is 3.28. The average Bonchev–Trinajstić information content (AvgIpc) is 1.89. The Morgan fingerprint density at radius 2 is 2.44 bits per heavy atom. The first-order chi connectivity index (χ1) is 4.34. The van der Waals surface area contributed by atoms with E-state index in [1.807, 2.05) is 6.07 Å². The van der Waals surface area contributed by atoms with Gasteiger partial charge in [0.1, 0.15) is 0 Å². The van der Waals surface area contributed by atoms with E-state index in [4.69, 9.17) is 5.11 Å². The van der Waals surface area contributed by atoms with Gasteiger partial charge in [0, 0.05) is 4.47 Å². The fourth-order valence-corrected chi connectivity index (χ4v) is 0.939. The van der Waals surface area contributed by atoms with Crippen LogP contribution in [0.5, 0.6) is 0 Å². The van der Waals surface area contributed by atoms with Crippen LogP contribution in [0.1, 0.15) is 5.56 Å². The van der Waals surface area contributed by atoms with Gasteiger partial charge in [0.25, 0.3) is 0 Å². The third-order valence-corrected chi connectivity index (χ3v) is 1.83. The van der Waals surface area contributed by atoms with Gasteiger partial charge < -0.3 is 5.11 Å². The second kappa shape index (κ2) is 2.99. The summed E-state index contributed by atoms with van der Waals surface area (Å²) in [6, 6.07) is 8.26. The highest BCUT2D eigenvalue weighted by molar-refractivity contribution is 9.10. The van der Waals surface area contributed by atoms with E-state index in [2.05, 4.69) is 22.0 Å². The van der Waals surface area contributed by atoms with Crippen molar-refractivity contribution in [1.82, 2.24) is 0 Å². The second-order valence-corrected chi connectivity index (χ2v) is 2.53. The fourth-order valence-electron chi connectivity index (χ4n) is 0.567. The summed E-state index contributed by atoms with van der Waals surface area (Å²) in [6.45, 7) is 0.0674. The molecule has 2 heteroatoms. The Morgan fingerprint density at radius 1 is 1.67 bits per heavy atom. The SMILES string of the molecule is OCc1c[c]ccc1Br. The van der Waals surface area contributed by atoms with E-state index in [0.29, 0.717) is 0 Å². The lowest BCUT2D eigenvalue weighted by Crippen LogP contribution is -1.82. The molecule has 0 heterocycles. The highest BCUT2D eigenvalue weighted by atomic mass is 79.9. The summed E-state index contributed by atoms with van der Waals surface area (Å²) in [5.74, 6) is 0. The number of hydrogen-bond acceptors (Lipinski definition) is 1. The maximum atomic E-state index is 8.67. The summed E-state index contributed by atoms with van der Waals surface area (Å²) in [5.41, 5.74) is 0.873. The van der Waals surface area contributed by atoms with Crippen molar-refractivity contribution in [1.29, 1.82) is 0 Å². The van der Waals surface area contributed by atoms with E-state index in [-0.39, 0.29) is 6.61 Å². The van der Waals surface area contributed by atoms with Crippen molar-refractivity contribution in [3.63, 3.8) is 0 Å². The van der Waals surface area contributed by atoms with Crippen LogP contribution in [0.15, 0.2) is 22.7 Å². The summed E-state index contributed by atoms with van der Waals surface area (Å²) in [7, 11) is 0. The van der Waals surface area contributed by atoms with E-state index in [1.54, 1.807) is 12.1 Å². The number of aliphatic hydroxyl groups excluding tert-OH is 1. The van der Waals surface area contributed by atoms with E-state index in [0.717, 1.165) is 10.0 Å². The van der Waals surface area contributed by atoms with Crippen LogP contribution in [0.3, 0.4) is 0 Å². The minimum Gasteiger partial charge on any atom is -0.392 e. The zero-order valence-electron chi connectivity index (χ0n) is 4.76. The zero-order valence-corrected chi connectivity index (χ0v) is 6.35. The largest absolute Gasteiger partial charge is 0.392 e. The average molecular weight is 186 g/mol. The molecule has 9 heavy (non-hydrogen) atoms. The molecular formula is C7H6BrO. The smallest absolute Gasteiger partial charge is 0.0693 e. The molecule has 0 aromatic heterocycles. The first-order valence-corrected chi connectivity index (χ1v) is 3.39. The molecule has 0 bridgehead atoms.